The molecule has 0 N–H and O–H groups in total. The van der Waals surface area contributed by atoms with E-state index in [9.17, 15) is 0 Å². The smallest absolute Gasteiger partial charge is 0.0730 e. The van der Waals surface area contributed by atoms with Crippen LogP contribution in [0.2, 0.25) is 0 Å². The fourth-order valence-corrected chi connectivity index (χ4v) is 3.09. The summed E-state index contributed by atoms with van der Waals surface area (Å²) in [7, 11) is 2.23. The summed E-state index contributed by atoms with van der Waals surface area (Å²) < 4.78 is 6.04. The molecule has 0 bridgehead atoms. The molecule has 1 aliphatic heterocycles. The molecule has 1 aliphatic rings. The van der Waals surface area contributed by atoms with Crippen molar-refractivity contribution in [3.63, 3.8) is 0 Å². The maximum Gasteiger partial charge on any atom is 0.0730 e. The maximum atomic E-state index is 6.04. The van der Waals surface area contributed by atoms with Crippen molar-refractivity contribution in [1.82, 2.24) is 4.90 Å². The summed E-state index contributed by atoms with van der Waals surface area (Å²) >= 11 is 0. The number of hydrogen-bond acceptors (Lipinski definition) is 2. The summed E-state index contributed by atoms with van der Waals surface area (Å²) in [5.74, 6) is 0.796. The van der Waals surface area contributed by atoms with Crippen molar-refractivity contribution in [3.05, 3.63) is 0 Å². The summed E-state index contributed by atoms with van der Waals surface area (Å²) in [6.45, 7) is 7.76. The van der Waals surface area contributed by atoms with E-state index in [4.69, 9.17) is 4.74 Å². The topological polar surface area (TPSA) is 12.5 Å². The molecule has 114 valence electrons. The maximum absolute atomic E-state index is 6.04. The molecule has 0 amide bonds. The van der Waals surface area contributed by atoms with Crippen molar-refractivity contribution in [3.8, 4) is 0 Å². The Morgan fingerprint density at radius 3 is 2.37 bits per heavy atom. The van der Waals surface area contributed by atoms with Crippen molar-refractivity contribution in [2.75, 3.05) is 26.7 Å². The molecule has 2 heteroatoms. The van der Waals surface area contributed by atoms with E-state index >= 15 is 0 Å². The molecule has 1 fully saturated rings. The first-order chi connectivity index (χ1) is 9.27. The van der Waals surface area contributed by atoms with Gasteiger partial charge in [0.25, 0.3) is 0 Å². The Morgan fingerprint density at radius 1 is 1.00 bits per heavy atom. The van der Waals surface area contributed by atoms with Crippen LogP contribution in [0.3, 0.4) is 0 Å². The highest BCUT2D eigenvalue weighted by atomic mass is 16.5. The lowest BCUT2D eigenvalue weighted by molar-refractivity contribution is -0.0546. The van der Waals surface area contributed by atoms with Crippen LogP contribution in [0.4, 0.5) is 0 Å². The van der Waals surface area contributed by atoms with Gasteiger partial charge in [0.05, 0.1) is 12.7 Å². The number of nitrogens with zero attached hydrogens (tertiary/aromatic N) is 1. The fraction of sp³-hybridized carbons (Fsp3) is 1.00. The van der Waals surface area contributed by atoms with Crippen LogP contribution in [0.1, 0.15) is 71.6 Å². The Morgan fingerprint density at radius 2 is 1.68 bits per heavy atom. The number of hydrogen-bond donors (Lipinski definition) is 0. The molecule has 2 nitrogen and oxygen atoms in total. The van der Waals surface area contributed by atoms with Gasteiger partial charge >= 0.3 is 0 Å². The van der Waals surface area contributed by atoms with Crippen LogP contribution in [0.15, 0.2) is 0 Å². The van der Waals surface area contributed by atoms with Gasteiger partial charge in [-0.3, -0.25) is 0 Å². The highest BCUT2D eigenvalue weighted by molar-refractivity contribution is 4.77. The second kappa shape index (κ2) is 10.7. The number of morpholine rings is 1. The molecule has 1 heterocycles. The molecular formula is C17H35NO. The SMILES string of the molecule is CCCCCCCC(CCCC)[C@@H]1CN(C)CCO1. The van der Waals surface area contributed by atoms with E-state index in [1.807, 2.05) is 0 Å². The first kappa shape index (κ1) is 17.0. The van der Waals surface area contributed by atoms with Crippen molar-refractivity contribution < 1.29 is 4.74 Å². The fourth-order valence-electron chi connectivity index (χ4n) is 3.09. The first-order valence-electron chi connectivity index (χ1n) is 8.58. The normalized spacial score (nSPS) is 22.6. The third-order valence-corrected chi connectivity index (χ3v) is 4.43. The van der Waals surface area contributed by atoms with Gasteiger partial charge in [-0.15, -0.1) is 0 Å². The van der Waals surface area contributed by atoms with Gasteiger partial charge < -0.3 is 9.64 Å². The molecule has 0 aromatic rings. The molecule has 1 saturated heterocycles. The predicted octanol–water partition coefficient (Wildman–Crippen LogP) is 4.48. The lowest BCUT2D eigenvalue weighted by Crippen LogP contribution is -2.43. The van der Waals surface area contributed by atoms with Gasteiger partial charge in [-0.1, -0.05) is 58.8 Å². The quantitative estimate of drug-likeness (QED) is 0.542. The Hall–Kier alpha value is -0.0800. The number of unbranched alkanes of at least 4 members (excludes halogenated alkanes) is 5. The molecule has 2 atom stereocenters. The summed E-state index contributed by atoms with van der Waals surface area (Å²) in [6.07, 6.45) is 12.9. The third kappa shape index (κ3) is 7.31. The van der Waals surface area contributed by atoms with Crippen molar-refractivity contribution in [2.45, 2.75) is 77.7 Å². The molecule has 0 aromatic carbocycles. The zero-order valence-corrected chi connectivity index (χ0v) is 13.5. The summed E-state index contributed by atoms with van der Waals surface area (Å²) in [6, 6.07) is 0. The zero-order chi connectivity index (χ0) is 13.9. The molecule has 0 radical (unpaired) electrons. The highest BCUT2D eigenvalue weighted by Crippen LogP contribution is 2.25. The van der Waals surface area contributed by atoms with E-state index in [1.165, 1.54) is 57.8 Å². The molecule has 1 rings (SSSR count). The van der Waals surface area contributed by atoms with E-state index in [0.29, 0.717) is 6.10 Å². The van der Waals surface area contributed by atoms with E-state index in [2.05, 4.69) is 25.8 Å². The van der Waals surface area contributed by atoms with E-state index in [-0.39, 0.29) is 0 Å². The summed E-state index contributed by atoms with van der Waals surface area (Å²) in [5, 5.41) is 0. The second-order valence-corrected chi connectivity index (χ2v) is 6.28. The van der Waals surface area contributed by atoms with Gasteiger partial charge in [0.2, 0.25) is 0 Å². The minimum absolute atomic E-state index is 0.497. The standard InChI is InChI=1S/C17H35NO/c1-4-6-8-9-10-12-16(11-7-5-2)17-15-18(3)13-14-19-17/h16-17H,4-15H2,1-3H3/t16?,17-/m0/s1. The van der Waals surface area contributed by atoms with Gasteiger partial charge in [0.1, 0.15) is 0 Å². The van der Waals surface area contributed by atoms with E-state index < -0.39 is 0 Å². The van der Waals surface area contributed by atoms with Crippen LogP contribution in [0.5, 0.6) is 0 Å². The van der Waals surface area contributed by atoms with Gasteiger partial charge in [-0.05, 0) is 25.8 Å². The molecule has 0 spiro atoms. The summed E-state index contributed by atoms with van der Waals surface area (Å²) in [5.41, 5.74) is 0. The Balaban J connectivity index is 2.28. The average Bonchev–Trinajstić information content (AvgIpc) is 2.42. The number of likely N-dealkylation sites (N-methyl/N-ethyl adjacent to an activating group) is 1. The van der Waals surface area contributed by atoms with Crippen LogP contribution in [-0.4, -0.2) is 37.7 Å². The van der Waals surface area contributed by atoms with Crippen LogP contribution >= 0.6 is 0 Å². The molecular weight excluding hydrogens is 234 g/mol. The molecule has 19 heavy (non-hydrogen) atoms. The molecule has 0 aromatic heterocycles. The van der Waals surface area contributed by atoms with Crippen LogP contribution in [0.25, 0.3) is 0 Å². The Kier molecular flexibility index (Phi) is 9.54. The lowest BCUT2D eigenvalue weighted by Gasteiger charge is -2.35. The Bertz CT molecular complexity index is 207. The number of ether oxygens (including phenoxy) is 1. The van der Waals surface area contributed by atoms with E-state index in [1.54, 1.807) is 0 Å². The van der Waals surface area contributed by atoms with Crippen LogP contribution < -0.4 is 0 Å². The minimum atomic E-state index is 0.497. The Labute approximate surface area is 120 Å². The van der Waals surface area contributed by atoms with Gasteiger partial charge in [-0.25, -0.2) is 0 Å². The van der Waals surface area contributed by atoms with Crippen molar-refractivity contribution in [2.24, 2.45) is 5.92 Å². The van der Waals surface area contributed by atoms with Gasteiger partial charge in [-0.2, -0.15) is 0 Å². The monoisotopic (exact) mass is 269 g/mol. The molecule has 0 aliphatic carbocycles. The average molecular weight is 269 g/mol. The van der Waals surface area contributed by atoms with Crippen LogP contribution in [0, 0.1) is 5.92 Å². The van der Waals surface area contributed by atoms with Gasteiger partial charge in [0.15, 0.2) is 0 Å². The molecule has 0 saturated carbocycles. The second-order valence-electron chi connectivity index (χ2n) is 6.28. The first-order valence-corrected chi connectivity index (χ1v) is 8.58. The molecule has 1 unspecified atom stereocenters. The highest BCUT2D eigenvalue weighted by Gasteiger charge is 2.25. The minimum Gasteiger partial charge on any atom is -0.375 e. The summed E-state index contributed by atoms with van der Waals surface area (Å²) in [4.78, 5) is 2.43. The van der Waals surface area contributed by atoms with Crippen molar-refractivity contribution >= 4 is 0 Å². The third-order valence-electron chi connectivity index (χ3n) is 4.43. The predicted molar refractivity (Wildman–Crippen MR) is 83.6 cm³/mol. The van der Waals surface area contributed by atoms with Crippen LogP contribution in [-0.2, 0) is 4.74 Å². The van der Waals surface area contributed by atoms with Gasteiger partial charge in [0, 0.05) is 13.1 Å². The van der Waals surface area contributed by atoms with E-state index in [0.717, 1.165) is 25.6 Å². The lowest BCUT2D eigenvalue weighted by atomic mass is 9.89. The number of rotatable bonds is 10. The zero-order valence-electron chi connectivity index (χ0n) is 13.5. The van der Waals surface area contributed by atoms with Crippen molar-refractivity contribution in [1.29, 1.82) is 0 Å². The largest absolute Gasteiger partial charge is 0.375 e.